The topological polar surface area (TPSA) is 107 Å². The van der Waals surface area contributed by atoms with Gasteiger partial charge in [-0.2, -0.15) is 5.10 Å². The zero-order chi connectivity index (χ0) is 13.5. The first-order chi connectivity index (χ1) is 9.29. The summed E-state index contributed by atoms with van der Waals surface area (Å²) in [5.74, 6) is 5.23. The van der Waals surface area contributed by atoms with Gasteiger partial charge in [0.05, 0.1) is 18.9 Å². The second-order valence-electron chi connectivity index (χ2n) is 3.36. The van der Waals surface area contributed by atoms with Crippen molar-refractivity contribution in [2.24, 2.45) is 5.73 Å². The number of aromatic nitrogens is 4. The van der Waals surface area contributed by atoms with E-state index >= 15 is 0 Å². The lowest BCUT2D eigenvalue weighted by Crippen LogP contribution is -2.15. The van der Waals surface area contributed by atoms with Crippen molar-refractivity contribution in [3.8, 4) is 11.8 Å². The fourth-order valence-electron chi connectivity index (χ4n) is 1.23. The summed E-state index contributed by atoms with van der Waals surface area (Å²) < 4.78 is 0. The van der Waals surface area contributed by atoms with Crippen molar-refractivity contribution in [3.63, 3.8) is 0 Å². The van der Waals surface area contributed by atoms with E-state index in [1.165, 1.54) is 18.6 Å². The Morgan fingerprint density at radius 1 is 1.32 bits per heavy atom. The first-order valence-corrected chi connectivity index (χ1v) is 5.39. The zero-order valence-corrected chi connectivity index (χ0v) is 9.87. The van der Waals surface area contributed by atoms with Gasteiger partial charge in [-0.25, -0.2) is 9.97 Å². The molecule has 3 N–H and O–H groups in total. The third-order valence-corrected chi connectivity index (χ3v) is 2.04. The largest absolute Gasteiger partial charge is 0.320 e. The van der Waals surface area contributed by atoms with Crippen LogP contribution in [0, 0.1) is 11.8 Å². The molecule has 0 atom stereocenters. The predicted octanol–water partition coefficient (Wildman–Crippen LogP) is -0.171. The molecular formula is C12H10N6O. The van der Waals surface area contributed by atoms with Crippen molar-refractivity contribution in [1.29, 1.82) is 0 Å². The fourth-order valence-corrected chi connectivity index (χ4v) is 1.23. The number of hydrogen-bond donors (Lipinski definition) is 2. The van der Waals surface area contributed by atoms with Crippen molar-refractivity contribution >= 4 is 11.9 Å². The van der Waals surface area contributed by atoms with Crippen LogP contribution in [-0.4, -0.2) is 32.6 Å². The van der Waals surface area contributed by atoms with Gasteiger partial charge in [0.15, 0.2) is 0 Å². The van der Waals surface area contributed by atoms with Crippen molar-refractivity contribution in [3.05, 3.63) is 42.0 Å². The van der Waals surface area contributed by atoms with Gasteiger partial charge in [-0.3, -0.25) is 10.1 Å². The van der Waals surface area contributed by atoms with Crippen LogP contribution in [0.5, 0.6) is 0 Å². The lowest BCUT2D eigenvalue weighted by molar-refractivity contribution is 0.102. The zero-order valence-electron chi connectivity index (χ0n) is 9.87. The predicted molar refractivity (Wildman–Crippen MR) is 67.9 cm³/mol. The summed E-state index contributed by atoms with van der Waals surface area (Å²) >= 11 is 0. The first-order valence-electron chi connectivity index (χ1n) is 5.39. The van der Waals surface area contributed by atoms with E-state index in [4.69, 9.17) is 5.73 Å². The normalized spacial score (nSPS) is 9.32. The number of hydrogen-bond acceptors (Lipinski definition) is 6. The molecule has 0 unspecified atom stereocenters. The first kappa shape index (κ1) is 12.6. The van der Waals surface area contributed by atoms with Gasteiger partial charge >= 0.3 is 0 Å². The molecule has 0 aliphatic rings. The molecule has 0 aliphatic carbocycles. The van der Waals surface area contributed by atoms with Crippen LogP contribution in [0.25, 0.3) is 0 Å². The number of nitrogens with one attached hydrogen (secondary N) is 1. The Morgan fingerprint density at radius 3 is 2.84 bits per heavy atom. The summed E-state index contributed by atoms with van der Waals surface area (Å²) in [5, 5.41) is 9.73. The standard InChI is InChI=1S/C12H10N6O/c13-5-1-2-9-3-4-10(15-8-9)11(19)17-12-14-6-7-16-18-12/h3-4,6-8H,5,13H2,(H,14,17,18,19). The van der Waals surface area contributed by atoms with E-state index in [2.05, 4.69) is 37.3 Å². The Labute approximate surface area is 109 Å². The van der Waals surface area contributed by atoms with Crippen molar-refractivity contribution in [1.82, 2.24) is 20.2 Å². The molecule has 2 aromatic heterocycles. The Morgan fingerprint density at radius 2 is 2.21 bits per heavy atom. The van der Waals surface area contributed by atoms with Gasteiger partial charge in [0.2, 0.25) is 5.95 Å². The molecule has 0 aliphatic heterocycles. The highest BCUT2D eigenvalue weighted by Crippen LogP contribution is 2.02. The molecule has 94 valence electrons. The summed E-state index contributed by atoms with van der Waals surface area (Å²) in [6.07, 6.45) is 4.35. The molecular weight excluding hydrogens is 244 g/mol. The van der Waals surface area contributed by atoms with E-state index in [1.54, 1.807) is 12.1 Å². The summed E-state index contributed by atoms with van der Waals surface area (Å²) in [5.41, 5.74) is 6.20. The molecule has 2 aromatic rings. The van der Waals surface area contributed by atoms with E-state index in [0.717, 1.165) is 0 Å². The smallest absolute Gasteiger partial charge is 0.276 e. The maximum absolute atomic E-state index is 11.8. The highest BCUT2D eigenvalue weighted by atomic mass is 16.2. The number of nitrogens with zero attached hydrogens (tertiary/aromatic N) is 4. The minimum absolute atomic E-state index is 0.126. The van der Waals surface area contributed by atoms with E-state index in [-0.39, 0.29) is 18.2 Å². The van der Waals surface area contributed by atoms with Gasteiger partial charge in [-0.15, -0.1) is 5.10 Å². The van der Waals surface area contributed by atoms with Crippen LogP contribution in [0.2, 0.25) is 0 Å². The maximum Gasteiger partial charge on any atom is 0.276 e. The summed E-state index contributed by atoms with van der Waals surface area (Å²) in [6.45, 7) is 0.278. The highest BCUT2D eigenvalue weighted by molar-refractivity contribution is 6.01. The van der Waals surface area contributed by atoms with Gasteiger partial charge < -0.3 is 5.73 Å². The average molecular weight is 254 g/mol. The highest BCUT2D eigenvalue weighted by Gasteiger charge is 2.08. The van der Waals surface area contributed by atoms with Gasteiger partial charge in [-0.05, 0) is 12.1 Å². The van der Waals surface area contributed by atoms with Crippen LogP contribution < -0.4 is 11.1 Å². The van der Waals surface area contributed by atoms with Gasteiger partial charge in [0.1, 0.15) is 5.69 Å². The van der Waals surface area contributed by atoms with Gasteiger partial charge in [-0.1, -0.05) is 11.8 Å². The second kappa shape index (κ2) is 6.18. The van der Waals surface area contributed by atoms with Crippen LogP contribution in [0.3, 0.4) is 0 Å². The molecule has 0 saturated heterocycles. The summed E-state index contributed by atoms with van der Waals surface area (Å²) in [7, 11) is 0. The van der Waals surface area contributed by atoms with Crippen molar-refractivity contribution < 1.29 is 4.79 Å². The minimum Gasteiger partial charge on any atom is -0.320 e. The van der Waals surface area contributed by atoms with Crippen LogP contribution >= 0.6 is 0 Å². The van der Waals surface area contributed by atoms with Crippen molar-refractivity contribution in [2.75, 3.05) is 11.9 Å². The molecule has 19 heavy (non-hydrogen) atoms. The summed E-state index contributed by atoms with van der Waals surface area (Å²) in [6, 6.07) is 3.25. The van der Waals surface area contributed by atoms with Crippen molar-refractivity contribution in [2.45, 2.75) is 0 Å². The van der Waals surface area contributed by atoms with E-state index in [0.29, 0.717) is 5.56 Å². The molecule has 1 amide bonds. The second-order valence-corrected chi connectivity index (χ2v) is 3.36. The SMILES string of the molecule is NCC#Cc1ccc(C(=O)Nc2nccnn2)nc1. The van der Waals surface area contributed by atoms with Crippen LogP contribution in [0.1, 0.15) is 16.1 Å². The van der Waals surface area contributed by atoms with Crippen LogP contribution in [0.15, 0.2) is 30.7 Å². The molecule has 0 bridgehead atoms. The van der Waals surface area contributed by atoms with E-state index in [1.807, 2.05) is 0 Å². The average Bonchev–Trinajstić information content (AvgIpc) is 2.46. The van der Waals surface area contributed by atoms with Gasteiger partial charge in [0.25, 0.3) is 5.91 Å². The molecule has 0 fully saturated rings. The Bertz CT molecular complexity index is 614. The number of amides is 1. The van der Waals surface area contributed by atoms with E-state index < -0.39 is 5.91 Å². The Kier molecular flexibility index (Phi) is 4.10. The molecule has 2 heterocycles. The molecule has 7 nitrogen and oxygen atoms in total. The lowest BCUT2D eigenvalue weighted by atomic mass is 10.2. The maximum atomic E-state index is 11.8. The molecule has 0 saturated carbocycles. The fraction of sp³-hybridized carbons (Fsp3) is 0.0833. The number of rotatable bonds is 2. The molecule has 0 spiro atoms. The monoisotopic (exact) mass is 254 g/mol. The number of carbonyl (C=O) groups is 1. The minimum atomic E-state index is -0.411. The van der Waals surface area contributed by atoms with Crippen LogP contribution in [-0.2, 0) is 0 Å². The van der Waals surface area contributed by atoms with Gasteiger partial charge in [0, 0.05) is 11.8 Å². The number of nitrogens with two attached hydrogens (primary N) is 1. The molecule has 7 heteroatoms. The quantitative estimate of drug-likeness (QED) is 0.720. The van der Waals surface area contributed by atoms with E-state index in [9.17, 15) is 4.79 Å². The third kappa shape index (κ3) is 3.55. The Hall–Kier alpha value is -2.85. The molecule has 0 aromatic carbocycles. The third-order valence-electron chi connectivity index (χ3n) is 2.04. The number of pyridine rings is 1. The Balaban J connectivity index is 2.08. The lowest BCUT2D eigenvalue weighted by Gasteiger charge is -2.01. The van der Waals surface area contributed by atoms with Crippen LogP contribution in [0.4, 0.5) is 5.95 Å². The molecule has 2 rings (SSSR count). The number of anilines is 1. The number of carbonyl (C=O) groups excluding carboxylic acids is 1. The molecule has 0 radical (unpaired) electrons. The summed E-state index contributed by atoms with van der Waals surface area (Å²) in [4.78, 5) is 19.6.